The Balaban J connectivity index is 0.963. The van der Waals surface area contributed by atoms with Crippen LogP contribution in [0.4, 0.5) is 20.2 Å². The van der Waals surface area contributed by atoms with Gasteiger partial charge in [-0.05, 0) is 73.6 Å². The average Bonchev–Trinajstić information content (AvgIpc) is 3.76. The molecular formula is C35H35F2N9O3. The van der Waals surface area contributed by atoms with Crippen LogP contribution in [0.5, 0.6) is 0 Å². The number of aromatic amines is 1. The zero-order valence-electron chi connectivity index (χ0n) is 26.7. The molecule has 2 N–H and O–H groups in total. The number of alkyl halides is 1. The number of H-pyrrole nitrogens is 1. The van der Waals surface area contributed by atoms with Gasteiger partial charge in [-0.25, -0.2) is 19.3 Å². The lowest BCUT2D eigenvalue weighted by atomic mass is 9.86. The fourth-order valence-electron chi connectivity index (χ4n) is 6.56. The van der Waals surface area contributed by atoms with Gasteiger partial charge >= 0.3 is 0 Å². The van der Waals surface area contributed by atoms with E-state index < -0.39 is 18.2 Å². The van der Waals surface area contributed by atoms with Gasteiger partial charge in [0, 0.05) is 79.2 Å². The van der Waals surface area contributed by atoms with Crippen LogP contribution in [0.25, 0.3) is 33.5 Å². The summed E-state index contributed by atoms with van der Waals surface area (Å²) in [6.07, 6.45) is 5.24. The second kappa shape index (κ2) is 14.0. The van der Waals surface area contributed by atoms with Gasteiger partial charge in [-0.2, -0.15) is 9.49 Å². The lowest BCUT2D eigenvalue weighted by Gasteiger charge is -2.37. The van der Waals surface area contributed by atoms with E-state index in [-0.39, 0.29) is 31.5 Å². The molecule has 1 atom stereocenters. The van der Waals surface area contributed by atoms with E-state index in [4.69, 9.17) is 4.74 Å². The first kappa shape index (κ1) is 32.2. The number of fused-ring (bicyclic) bond motifs is 1. The summed E-state index contributed by atoms with van der Waals surface area (Å²) in [6.45, 7) is 2.33. The molecule has 252 valence electrons. The minimum absolute atomic E-state index is 0.00735. The maximum Gasteiger partial charge on any atom is 0.236 e. The van der Waals surface area contributed by atoms with E-state index in [1.807, 2.05) is 34.1 Å². The first-order chi connectivity index (χ1) is 23.9. The molecule has 2 aromatic carbocycles. The van der Waals surface area contributed by atoms with Gasteiger partial charge in [0.25, 0.3) is 0 Å². The summed E-state index contributed by atoms with van der Waals surface area (Å²) in [4.78, 5) is 45.5. The molecule has 0 bridgehead atoms. The van der Waals surface area contributed by atoms with E-state index in [0.29, 0.717) is 61.9 Å². The number of hydrogen-bond donors (Lipinski definition) is 2. The predicted octanol–water partition coefficient (Wildman–Crippen LogP) is 4.14. The summed E-state index contributed by atoms with van der Waals surface area (Å²) >= 11 is 0. The SMILES string of the molecule is O=C(CN1CC[C@@](COCF)(C(=O)Nc2ccc3[nH]nc(-c4ccc(F)nc4)c3c2)C1)N1CCN(c2ccc(-c3ncccn3)cc2)CC1. The largest absolute Gasteiger partial charge is 0.368 e. The Morgan fingerprint density at radius 2 is 1.71 bits per heavy atom. The van der Waals surface area contributed by atoms with Crippen LogP contribution in [0.15, 0.2) is 79.3 Å². The van der Waals surface area contributed by atoms with Crippen molar-refractivity contribution in [3.8, 4) is 22.6 Å². The van der Waals surface area contributed by atoms with Crippen molar-refractivity contribution in [3.05, 3.63) is 85.2 Å². The zero-order valence-corrected chi connectivity index (χ0v) is 26.7. The van der Waals surface area contributed by atoms with Gasteiger partial charge in [0.15, 0.2) is 12.7 Å². The van der Waals surface area contributed by atoms with Crippen LogP contribution in [-0.4, -0.2) is 106 Å². The van der Waals surface area contributed by atoms with Gasteiger partial charge in [-0.15, -0.1) is 0 Å². The molecule has 2 saturated heterocycles. The highest BCUT2D eigenvalue weighted by Gasteiger charge is 2.45. The minimum Gasteiger partial charge on any atom is -0.368 e. The highest BCUT2D eigenvalue weighted by Crippen LogP contribution is 2.34. The number of halogens is 2. The van der Waals surface area contributed by atoms with E-state index in [0.717, 1.165) is 22.2 Å². The molecule has 0 spiro atoms. The minimum atomic E-state index is -1.04. The normalized spacial score (nSPS) is 18.2. The summed E-state index contributed by atoms with van der Waals surface area (Å²) in [5, 5.41) is 11.0. The van der Waals surface area contributed by atoms with E-state index in [1.165, 1.54) is 12.3 Å². The first-order valence-electron chi connectivity index (χ1n) is 16.1. The van der Waals surface area contributed by atoms with E-state index >= 15 is 0 Å². The van der Waals surface area contributed by atoms with Crippen LogP contribution in [0, 0.1) is 11.4 Å². The predicted molar refractivity (Wildman–Crippen MR) is 180 cm³/mol. The zero-order chi connectivity index (χ0) is 33.8. The number of nitrogens with zero attached hydrogens (tertiary/aromatic N) is 7. The molecule has 0 radical (unpaired) electrons. The monoisotopic (exact) mass is 667 g/mol. The summed E-state index contributed by atoms with van der Waals surface area (Å²) in [5.41, 5.74) is 3.41. The quantitative estimate of drug-likeness (QED) is 0.211. The van der Waals surface area contributed by atoms with Crippen molar-refractivity contribution in [2.75, 3.05) is 69.5 Å². The molecule has 12 nitrogen and oxygen atoms in total. The van der Waals surface area contributed by atoms with Crippen molar-refractivity contribution < 1.29 is 23.1 Å². The number of benzene rings is 2. The number of aromatic nitrogens is 5. The second-order valence-corrected chi connectivity index (χ2v) is 12.3. The highest BCUT2D eigenvalue weighted by atomic mass is 19.1. The van der Waals surface area contributed by atoms with E-state index in [1.54, 1.807) is 42.7 Å². The molecule has 3 aromatic heterocycles. The highest BCUT2D eigenvalue weighted by molar-refractivity contribution is 6.00. The van der Waals surface area contributed by atoms with Crippen molar-refractivity contribution in [1.82, 2.24) is 34.9 Å². The van der Waals surface area contributed by atoms with Gasteiger partial charge in [0.05, 0.1) is 24.1 Å². The third-order valence-electron chi connectivity index (χ3n) is 9.24. The third-order valence-corrected chi connectivity index (χ3v) is 9.24. The van der Waals surface area contributed by atoms with Crippen molar-refractivity contribution in [3.63, 3.8) is 0 Å². The Labute approximate surface area is 281 Å². The van der Waals surface area contributed by atoms with Gasteiger partial charge < -0.3 is 19.9 Å². The summed E-state index contributed by atoms with van der Waals surface area (Å²) in [6, 6.07) is 18.0. The van der Waals surface area contributed by atoms with E-state index in [9.17, 15) is 18.4 Å². The van der Waals surface area contributed by atoms with Gasteiger partial charge in [-0.3, -0.25) is 19.6 Å². The molecular weight excluding hydrogens is 632 g/mol. The van der Waals surface area contributed by atoms with Crippen molar-refractivity contribution in [2.24, 2.45) is 5.41 Å². The molecule has 2 amide bonds. The number of nitrogens with one attached hydrogen (secondary N) is 2. The molecule has 2 fully saturated rings. The fourth-order valence-corrected chi connectivity index (χ4v) is 6.56. The Hall–Kier alpha value is -5.34. The summed E-state index contributed by atoms with van der Waals surface area (Å²) in [7, 11) is 0. The molecule has 2 aliphatic heterocycles. The summed E-state index contributed by atoms with van der Waals surface area (Å²) < 4.78 is 31.8. The molecule has 0 saturated carbocycles. The Bertz CT molecular complexity index is 1920. The first-order valence-corrected chi connectivity index (χ1v) is 16.1. The average molecular weight is 668 g/mol. The number of pyridine rings is 1. The topological polar surface area (TPSA) is 132 Å². The molecule has 0 aliphatic carbocycles. The number of carbonyl (C=O) groups excluding carboxylic acids is 2. The molecule has 2 aliphatic rings. The Kier molecular flexibility index (Phi) is 9.22. The maximum absolute atomic E-state index is 13.8. The number of rotatable bonds is 10. The number of ether oxygens (including phenoxy) is 1. The lowest BCUT2D eigenvalue weighted by Crippen LogP contribution is -2.51. The third kappa shape index (κ3) is 6.96. The van der Waals surface area contributed by atoms with Gasteiger partial charge in [-0.1, -0.05) is 0 Å². The number of piperazine rings is 1. The molecule has 0 unspecified atom stereocenters. The van der Waals surface area contributed by atoms with Gasteiger partial charge in [0.2, 0.25) is 17.8 Å². The number of amides is 2. The number of hydrogen-bond acceptors (Lipinski definition) is 9. The maximum atomic E-state index is 13.8. The number of carbonyl (C=O) groups is 2. The Morgan fingerprint density at radius 1 is 0.939 bits per heavy atom. The van der Waals surface area contributed by atoms with Crippen molar-refractivity contribution >= 4 is 34.1 Å². The molecule has 14 heteroatoms. The second-order valence-electron chi connectivity index (χ2n) is 12.3. The van der Waals surface area contributed by atoms with Crippen LogP contribution in [-0.2, 0) is 14.3 Å². The van der Waals surface area contributed by atoms with Crippen molar-refractivity contribution in [1.29, 1.82) is 0 Å². The van der Waals surface area contributed by atoms with Crippen LogP contribution < -0.4 is 10.2 Å². The van der Waals surface area contributed by atoms with Crippen LogP contribution in [0.1, 0.15) is 6.42 Å². The molecule has 5 aromatic rings. The Morgan fingerprint density at radius 3 is 2.45 bits per heavy atom. The smallest absolute Gasteiger partial charge is 0.236 e. The molecule has 7 rings (SSSR count). The van der Waals surface area contributed by atoms with Crippen LogP contribution >= 0.6 is 0 Å². The van der Waals surface area contributed by atoms with Crippen molar-refractivity contribution in [2.45, 2.75) is 6.42 Å². The van der Waals surface area contributed by atoms with Crippen LogP contribution in [0.2, 0.25) is 0 Å². The van der Waals surface area contributed by atoms with Gasteiger partial charge in [0.1, 0.15) is 5.69 Å². The molecule has 5 heterocycles. The molecule has 49 heavy (non-hydrogen) atoms. The lowest BCUT2D eigenvalue weighted by molar-refractivity contribution is -0.134. The number of likely N-dealkylation sites (tertiary alicyclic amines) is 1. The fraction of sp³-hybridized carbons (Fsp3) is 0.314. The standard InChI is InChI=1S/C35H35F2N9O3/c36-23-49-22-35(34(48)41-26-5-8-29-28(18-26)32(43-42-29)25-4-9-30(37)40-19-25)10-13-44(21-35)20-31(47)46-16-14-45(15-17-46)27-6-2-24(3-7-27)33-38-11-1-12-39-33/h1-9,11-12,18-19H,10,13-17,20-23H2,(H,41,48)(H,42,43)/t35-/m1/s1. The summed E-state index contributed by atoms with van der Waals surface area (Å²) in [5.74, 6) is -0.242. The van der Waals surface area contributed by atoms with Crippen LogP contribution in [0.3, 0.4) is 0 Å². The number of anilines is 2. The van der Waals surface area contributed by atoms with E-state index in [2.05, 4.69) is 35.4 Å².